The SMILES string of the molecule is O=C(c1cc2cccc(Cl)c2o1)C1CCCCN1. The molecular weight excluding hydrogens is 250 g/mol. The van der Waals surface area contributed by atoms with E-state index in [1.54, 1.807) is 12.1 Å². The number of nitrogens with one attached hydrogen (secondary N) is 1. The number of hydrogen-bond acceptors (Lipinski definition) is 3. The lowest BCUT2D eigenvalue weighted by Gasteiger charge is -2.20. The van der Waals surface area contributed by atoms with Gasteiger partial charge in [0.25, 0.3) is 0 Å². The lowest BCUT2D eigenvalue weighted by Crippen LogP contribution is -2.40. The first-order chi connectivity index (χ1) is 8.75. The van der Waals surface area contributed by atoms with Crippen molar-refractivity contribution in [3.05, 3.63) is 35.0 Å². The van der Waals surface area contributed by atoms with Crippen LogP contribution in [0, 0.1) is 0 Å². The van der Waals surface area contributed by atoms with Crippen LogP contribution in [0.1, 0.15) is 29.8 Å². The number of carbonyl (C=O) groups excluding carboxylic acids is 1. The summed E-state index contributed by atoms with van der Waals surface area (Å²) in [6, 6.07) is 7.18. The summed E-state index contributed by atoms with van der Waals surface area (Å²) in [6.45, 7) is 0.900. The zero-order valence-electron chi connectivity index (χ0n) is 9.91. The van der Waals surface area contributed by atoms with E-state index in [9.17, 15) is 4.79 Å². The molecule has 0 bridgehead atoms. The highest BCUT2D eigenvalue weighted by Crippen LogP contribution is 2.27. The van der Waals surface area contributed by atoms with E-state index in [1.807, 2.05) is 12.1 Å². The van der Waals surface area contributed by atoms with Crippen LogP contribution in [0.2, 0.25) is 5.02 Å². The van der Waals surface area contributed by atoms with Crippen LogP contribution in [-0.4, -0.2) is 18.4 Å². The number of piperidine rings is 1. The van der Waals surface area contributed by atoms with Crippen molar-refractivity contribution in [3.8, 4) is 0 Å². The number of benzene rings is 1. The van der Waals surface area contributed by atoms with E-state index in [0.717, 1.165) is 31.2 Å². The van der Waals surface area contributed by atoms with Gasteiger partial charge in [0.1, 0.15) is 0 Å². The Morgan fingerprint density at radius 3 is 3.00 bits per heavy atom. The molecule has 0 aliphatic carbocycles. The summed E-state index contributed by atoms with van der Waals surface area (Å²) in [5, 5.41) is 4.65. The second kappa shape index (κ2) is 4.75. The van der Waals surface area contributed by atoms with Crippen molar-refractivity contribution < 1.29 is 9.21 Å². The lowest BCUT2D eigenvalue weighted by molar-refractivity contribution is 0.0901. The van der Waals surface area contributed by atoms with Gasteiger partial charge in [0, 0.05) is 5.39 Å². The standard InChI is InChI=1S/C14H14ClNO2/c15-10-5-3-4-9-8-12(18-14(9)10)13(17)11-6-1-2-7-16-11/h3-5,8,11,16H,1-2,6-7H2. The summed E-state index contributed by atoms with van der Waals surface area (Å²) in [5.41, 5.74) is 0.596. The zero-order chi connectivity index (χ0) is 12.5. The molecule has 1 aromatic heterocycles. The molecule has 0 spiro atoms. The molecule has 1 aliphatic rings. The minimum Gasteiger partial charge on any atom is -0.451 e. The van der Waals surface area contributed by atoms with E-state index in [4.69, 9.17) is 16.0 Å². The summed E-state index contributed by atoms with van der Waals surface area (Å²) in [4.78, 5) is 12.3. The maximum atomic E-state index is 12.3. The first-order valence-corrected chi connectivity index (χ1v) is 6.59. The van der Waals surface area contributed by atoms with E-state index in [0.29, 0.717) is 16.4 Å². The van der Waals surface area contributed by atoms with Crippen molar-refractivity contribution in [1.82, 2.24) is 5.32 Å². The summed E-state index contributed by atoms with van der Waals surface area (Å²) < 4.78 is 5.59. The number of Topliss-reactive ketones (excluding diaryl/α,β-unsaturated/α-hetero) is 1. The molecule has 0 saturated carbocycles. The Morgan fingerprint density at radius 2 is 2.28 bits per heavy atom. The maximum Gasteiger partial charge on any atom is 0.214 e. The first-order valence-electron chi connectivity index (χ1n) is 6.21. The molecule has 1 aliphatic heterocycles. The number of para-hydroxylation sites is 1. The van der Waals surface area contributed by atoms with E-state index in [-0.39, 0.29) is 11.8 Å². The third-order valence-electron chi connectivity index (χ3n) is 3.37. The van der Waals surface area contributed by atoms with Crippen LogP contribution in [0.25, 0.3) is 11.0 Å². The number of halogens is 1. The Balaban J connectivity index is 1.94. The van der Waals surface area contributed by atoms with Crippen LogP contribution >= 0.6 is 11.6 Å². The number of furan rings is 1. The molecule has 18 heavy (non-hydrogen) atoms. The molecule has 4 heteroatoms. The Labute approximate surface area is 110 Å². The molecule has 1 atom stereocenters. The highest BCUT2D eigenvalue weighted by molar-refractivity contribution is 6.34. The number of rotatable bonds is 2. The van der Waals surface area contributed by atoms with Crippen molar-refractivity contribution >= 4 is 28.4 Å². The average molecular weight is 264 g/mol. The maximum absolute atomic E-state index is 12.3. The Hall–Kier alpha value is -1.32. The molecule has 1 unspecified atom stereocenters. The fourth-order valence-corrected chi connectivity index (χ4v) is 2.62. The number of ketones is 1. The fraction of sp³-hybridized carbons (Fsp3) is 0.357. The van der Waals surface area contributed by atoms with Crippen LogP contribution in [0.15, 0.2) is 28.7 Å². The van der Waals surface area contributed by atoms with Gasteiger partial charge in [-0.3, -0.25) is 4.79 Å². The molecule has 1 N–H and O–H groups in total. The van der Waals surface area contributed by atoms with E-state index in [2.05, 4.69) is 5.32 Å². The third-order valence-corrected chi connectivity index (χ3v) is 3.66. The molecule has 2 aromatic rings. The summed E-state index contributed by atoms with van der Waals surface area (Å²) in [7, 11) is 0. The van der Waals surface area contributed by atoms with Crippen LogP contribution in [0.4, 0.5) is 0 Å². The van der Waals surface area contributed by atoms with Gasteiger partial charge in [-0.15, -0.1) is 0 Å². The molecule has 1 fully saturated rings. The van der Waals surface area contributed by atoms with Crippen molar-refractivity contribution in [3.63, 3.8) is 0 Å². The van der Waals surface area contributed by atoms with E-state index < -0.39 is 0 Å². The van der Waals surface area contributed by atoms with Crippen molar-refractivity contribution in [1.29, 1.82) is 0 Å². The normalized spacial score (nSPS) is 20.2. The minimum atomic E-state index is -0.113. The molecule has 2 heterocycles. The van der Waals surface area contributed by atoms with E-state index in [1.165, 1.54) is 0 Å². The minimum absolute atomic E-state index is 0.0296. The van der Waals surface area contributed by atoms with Gasteiger partial charge in [-0.2, -0.15) is 0 Å². The molecule has 1 aromatic carbocycles. The fourth-order valence-electron chi connectivity index (χ4n) is 2.40. The van der Waals surface area contributed by atoms with E-state index >= 15 is 0 Å². The number of fused-ring (bicyclic) bond motifs is 1. The number of carbonyl (C=O) groups is 1. The van der Waals surface area contributed by atoms with Gasteiger partial charge in [0.2, 0.25) is 5.78 Å². The second-order valence-corrected chi connectivity index (χ2v) is 5.04. The average Bonchev–Trinajstić information content (AvgIpc) is 2.84. The zero-order valence-corrected chi connectivity index (χ0v) is 10.7. The Bertz CT molecular complexity index is 584. The second-order valence-electron chi connectivity index (χ2n) is 4.64. The predicted molar refractivity (Wildman–Crippen MR) is 71.2 cm³/mol. The van der Waals surface area contributed by atoms with Gasteiger partial charge >= 0.3 is 0 Å². The molecule has 1 saturated heterocycles. The van der Waals surface area contributed by atoms with Gasteiger partial charge < -0.3 is 9.73 Å². The highest BCUT2D eigenvalue weighted by Gasteiger charge is 2.24. The summed E-state index contributed by atoms with van der Waals surface area (Å²) in [6.07, 6.45) is 3.10. The third kappa shape index (κ3) is 2.04. The van der Waals surface area contributed by atoms with Crippen LogP contribution in [0.5, 0.6) is 0 Å². The van der Waals surface area contributed by atoms with Gasteiger partial charge in [0.15, 0.2) is 11.3 Å². The van der Waals surface area contributed by atoms with Gasteiger partial charge in [0.05, 0.1) is 11.1 Å². The largest absolute Gasteiger partial charge is 0.451 e. The Morgan fingerprint density at radius 1 is 1.39 bits per heavy atom. The summed E-state index contributed by atoms with van der Waals surface area (Å²) in [5.74, 6) is 0.430. The monoisotopic (exact) mass is 263 g/mol. The van der Waals surface area contributed by atoms with Gasteiger partial charge in [-0.25, -0.2) is 0 Å². The lowest BCUT2D eigenvalue weighted by atomic mass is 10.00. The van der Waals surface area contributed by atoms with Crippen LogP contribution in [-0.2, 0) is 0 Å². The molecule has 0 amide bonds. The molecule has 94 valence electrons. The summed E-state index contributed by atoms with van der Waals surface area (Å²) >= 11 is 6.04. The molecule has 3 nitrogen and oxygen atoms in total. The predicted octanol–water partition coefficient (Wildman–Crippen LogP) is 3.41. The van der Waals surface area contributed by atoms with Crippen molar-refractivity contribution in [2.24, 2.45) is 0 Å². The molecular formula is C14H14ClNO2. The van der Waals surface area contributed by atoms with Gasteiger partial charge in [-0.1, -0.05) is 30.2 Å². The highest BCUT2D eigenvalue weighted by atomic mass is 35.5. The Kier molecular flexibility index (Phi) is 3.10. The molecule has 3 rings (SSSR count). The van der Waals surface area contributed by atoms with Crippen molar-refractivity contribution in [2.75, 3.05) is 6.54 Å². The van der Waals surface area contributed by atoms with Gasteiger partial charge in [-0.05, 0) is 31.5 Å². The van der Waals surface area contributed by atoms with Crippen LogP contribution in [0.3, 0.4) is 0 Å². The quantitative estimate of drug-likeness (QED) is 0.845. The topological polar surface area (TPSA) is 42.2 Å². The number of hydrogen-bond donors (Lipinski definition) is 1. The van der Waals surface area contributed by atoms with Crippen LogP contribution < -0.4 is 5.32 Å². The smallest absolute Gasteiger partial charge is 0.214 e. The molecule has 0 radical (unpaired) electrons. The van der Waals surface area contributed by atoms with Crippen molar-refractivity contribution in [2.45, 2.75) is 25.3 Å². The first kappa shape index (κ1) is 11.8.